The van der Waals surface area contributed by atoms with Gasteiger partial charge >= 0.3 is 0 Å². The first-order valence-corrected chi connectivity index (χ1v) is 8.89. The van der Waals surface area contributed by atoms with Crippen LogP contribution in [0.15, 0.2) is 30.7 Å². The Kier molecular flexibility index (Phi) is 4.28. The number of benzene rings is 1. The van der Waals surface area contributed by atoms with E-state index in [1.54, 1.807) is 12.5 Å². The van der Waals surface area contributed by atoms with Gasteiger partial charge in [-0.2, -0.15) is 5.10 Å². The normalized spacial score (nSPS) is 17.5. The number of rotatable bonds is 3. The summed E-state index contributed by atoms with van der Waals surface area (Å²) < 4.78 is 0. The lowest BCUT2D eigenvalue weighted by molar-refractivity contribution is -0.114. The Morgan fingerprint density at radius 3 is 3.08 bits per heavy atom. The SMILES string of the molecule is CC(=O)Nc1cn[nH]c1[C@@H]1CCCN(c2ncnc3ccc(C)cc23)C1. The number of nitrogens with zero attached hydrogens (tertiary/aromatic N) is 4. The highest BCUT2D eigenvalue weighted by molar-refractivity contribution is 5.90. The fraction of sp³-hybridized carbons (Fsp3) is 0.368. The third-order valence-corrected chi connectivity index (χ3v) is 4.88. The van der Waals surface area contributed by atoms with Crippen molar-refractivity contribution in [2.75, 3.05) is 23.3 Å². The van der Waals surface area contributed by atoms with Gasteiger partial charge in [-0.25, -0.2) is 9.97 Å². The van der Waals surface area contributed by atoms with E-state index in [1.165, 1.54) is 12.5 Å². The van der Waals surface area contributed by atoms with Crippen LogP contribution in [0.2, 0.25) is 0 Å². The first-order chi connectivity index (χ1) is 12.6. The van der Waals surface area contributed by atoms with E-state index in [2.05, 4.69) is 49.4 Å². The maximum absolute atomic E-state index is 11.4. The van der Waals surface area contributed by atoms with Crippen molar-refractivity contribution in [1.82, 2.24) is 20.2 Å². The molecule has 7 nitrogen and oxygen atoms in total. The minimum Gasteiger partial charge on any atom is -0.355 e. The molecule has 0 spiro atoms. The van der Waals surface area contributed by atoms with Crippen LogP contribution in [-0.2, 0) is 4.79 Å². The third-order valence-electron chi connectivity index (χ3n) is 4.88. The van der Waals surface area contributed by atoms with Crippen LogP contribution in [0.1, 0.15) is 36.9 Å². The molecular formula is C19H22N6O. The number of aromatic amines is 1. The van der Waals surface area contributed by atoms with Gasteiger partial charge in [0.1, 0.15) is 12.1 Å². The van der Waals surface area contributed by atoms with Gasteiger partial charge in [-0.15, -0.1) is 0 Å². The second-order valence-electron chi connectivity index (χ2n) is 6.88. The van der Waals surface area contributed by atoms with Crippen molar-refractivity contribution in [1.29, 1.82) is 0 Å². The Labute approximate surface area is 151 Å². The molecule has 3 heterocycles. The Bertz CT molecular complexity index is 950. The topological polar surface area (TPSA) is 86.8 Å². The Morgan fingerprint density at radius 2 is 2.23 bits per heavy atom. The molecule has 2 aromatic heterocycles. The van der Waals surface area contributed by atoms with E-state index in [9.17, 15) is 4.79 Å². The van der Waals surface area contributed by atoms with Gasteiger partial charge in [0.15, 0.2) is 0 Å². The second-order valence-corrected chi connectivity index (χ2v) is 6.88. The van der Waals surface area contributed by atoms with E-state index < -0.39 is 0 Å². The van der Waals surface area contributed by atoms with Crippen molar-refractivity contribution in [3.05, 3.63) is 42.0 Å². The van der Waals surface area contributed by atoms with Crippen LogP contribution in [0.3, 0.4) is 0 Å². The Hall–Kier alpha value is -2.96. The lowest BCUT2D eigenvalue weighted by Crippen LogP contribution is -2.35. The minimum absolute atomic E-state index is 0.0856. The predicted molar refractivity (Wildman–Crippen MR) is 101 cm³/mol. The van der Waals surface area contributed by atoms with Gasteiger partial charge < -0.3 is 10.2 Å². The summed E-state index contributed by atoms with van der Waals surface area (Å²) in [6.45, 7) is 5.38. The summed E-state index contributed by atoms with van der Waals surface area (Å²) in [5.41, 5.74) is 3.92. The molecule has 1 aromatic carbocycles. The van der Waals surface area contributed by atoms with Crippen LogP contribution in [0.4, 0.5) is 11.5 Å². The number of hydrogen-bond donors (Lipinski definition) is 2. The molecule has 0 radical (unpaired) electrons. The first-order valence-electron chi connectivity index (χ1n) is 8.89. The average Bonchev–Trinajstić information content (AvgIpc) is 3.08. The van der Waals surface area contributed by atoms with Crippen molar-refractivity contribution in [2.45, 2.75) is 32.6 Å². The summed E-state index contributed by atoms with van der Waals surface area (Å²) in [6, 6.07) is 6.26. The zero-order valence-electron chi connectivity index (χ0n) is 15.0. The zero-order valence-corrected chi connectivity index (χ0v) is 15.0. The van der Waals surface area contributed by atoms with Crippen LogP contribution in [-0.4, -0.2) is 39.2 Å². The number of aromatic nitrogens is 4. The van der Waals surface area contributed by atoms with Gasteiger partial charge in [0.25, 0.3) is 0 Å². The number of aryl methyl sites for hydroxylation is 1. The standard InChI is InChI=1S/C19H22N6O/c1-12-5-6-16-15(8-12)19(21-11-20-16)25-7-3-4-14(10-25)18-17(9-22-24-18)23-13(2)26/h5-6,8-9,11,14H,3-4,7,10H2,1-2H3,(H,22,24)(H,23,26)/t14-/m1/s1. The van der Waals surface area contributed by atoms with E-state index in [-0.39, 0.29) is 11.8 Å². The maximum atomic E-state index is 11.4. The van der Waals surface area contributed by atoms with Gasteiger partial charge in [-0.3, -0.25) is 9.89 Å². The first kappa shape index (κ1) is 16.5. The van der Waals surface area contributed by atoms with E-state index in [0.29, 0.717) is 0 Å². The number of amides is 1. The van der Waals surface area contributed by atoms with Crippen molar-refractivity contribution in [3.8, 4) is 0 Å². The minimum atomic E-state index is -0.0856. The molecule has 2 N–H and O–H groups in total. The predicted octanol–water partition coefficient (Wildman–Crippen LogP) is 3.00. The highest BCUT2D eigenvalue weighted by Crippen LogP contribution is 2.34. The summed E-state index contributed by atoms with van der Waals surface area (Å²) in [6.07, 6.45) is 5.42. The molecule has 26 heavy (non-hydrogen) atoms. The molecule has 3 aromatic rings. The van der Waals surface area contributed by atoms with E-state index >= 15 is 0 Å². The third kappa shape index (κ3) is 3.12. The van der Waals surface area contributed by atoms with Crippen LogP contribution in [0, 0.1) is 6.92 Å². The monoisotopic (exact) mass is 350 g/mol. The smallest absolute Gasteiger partial charge is 0.221 e. The number of anilines is 2. The highest BCUT2D eigenvalue weighted by Gasteiger charge is 2.26. The molecule has 1 fully saturated rings. The fourth-order valence-electron chi connectivity index (χ4n) is 3.71. The number of carbonyl (C=O) groups is 1. The van der Waals surface area contributed by atoms with Crippen molar-refractivity contribution in [2.24, 2.45) is 0 Å². The van der Waals surface area contributed by atoms with Gasteiger partial charge in [0, 0.05) is 31.3 Å². The molecule has 0 saturated carbocycles. The van der Waals surface area contributed by atoms with E-state index in [4.69, 9.17) is 0 Å². The molecule has 1 aliphatic rings. The lowest BCUT2D eigenvalue weighted by Gasteiger charge is -2.34. The van der Waals surface area contributed by atoms with Crippen LogP contribution >= 0.6 is 0 Å². The van der Waals surface area contributed by atoms with Gasteiger partial charge in [0.05, 0.1) is 23.1 Å². The van der Waals surface area contributed by atoms with Crippen molar-refractivity contribution >= 4 is 28.3 Å². The summed E-state index contributed by atoms with van der Waals surface area (Å²) in [5.74, 6) is 1.16. The Morgan fingerprint density at radius 1 is 1.35 bits per heavy atom. The second kappa shape index (κ2) is 6.74. The molecule has 1 saturated heterocycles. The number of piperidine rings is 1. The molecule has 134 valence electrons. The number of H-pyrrole nitrogens is 1. The van der Waals surface area contributed by atoms with Crippen LogP contribution in [0.25, 0.3) is 10.9 Å². The maximum Gasteiger partial charge on any atom is 0.221 e. The quantitative estimate of drug-likeness (QED) is 0.758. The van der Waals surface area contributed by atoms with Gasteiger partial charge in [-0.1, -0.05) is 11.6 Å². The van der Waals surface area contributed by atoms with Gasteiger partial charge in [0.2, 0.25) is 5.91 Å². The number of hydrogen-bond acceptors (Lipinski definition) is 5. The molecule has 7 heteroatoms. The summed E-state index contributed by atoms with van der Waals surface area (Å²) >= 11 is 0. The van der Waals surface area contributed by atoms with E-state index in [0.717, 1.165) is 54.0 Å². The summed E-state index contributed by atoms with van der Waals surface area (Å²) in [5, 5.41) is 11.1. The molecular weight excluding hydrogens is 328 g/mol. The highest BCUT2D eigenvalue weighted by atomic mass is 16.1. The number of nitrogens with one attached hydrogen (secondary N) is 2. The van der Waals surface area contributed by atoms with Crippen molar-refractivity contribution < 1.29 is 4.79 Å². The molecule has 1 aliphatic heterocycles. The lowest BCUT2D eigenvalue weighted by atomic mass is 9.93. The largest absolute Gasteiger partial charge is 0.355 e. The molecule has 1 amide bonds. The van der Waals surface area contributed by atoms with Crippen LogP contribution in [0.5, 0.6) is 0 Å². The summed E-state index contributed by atoms with van der Waals surface area (Å²) in [7, 11) is 0. The average molecular weight is 350 g/mol. The fourth-order valence-corrected chi connectivity index (χ4v) is 3.71. The van der Waals surface area contributed by atoms with Crippen molar-refractivity contribution in [3.63, 3.8) is 0 Å². The summed E-state index contributed by atoms with van der Waals surface area (Å²) in [4.78, 5) is 22.7. The Balaban J connectivity index is 1.65. The van der Waals surface area contributed by atoms with Crippen LogP contribution < -0.4 is 10.2 Å². The molecule has 0 bridgehead atoms. The van der Waals surface area contributed by atoms with E-state index in [1.807, 2.05) is 6.07 Å². The van der Waals surface area contributed by atoms with Gasteiger partial charge in [-0.05, 0) is 31.9 Å². The molecule has 1 atom stereocenters. The molecule has 4 rings (SSSR count). The molecule has 0 aliphatic carbocycles. The molecule has 0 unspecified atom stereocenters. The number of carbonyl (C=O) groups excluding carboxylic acids is 1. The zero-order chi connectivity index (χ0) is 18.1. The number of fused-ring (bicyclic) bond motifs is 1.